The van der Waals surface area contributed by atoms with Gasteiger partial charge in [0.1, 0.15) is 70.0 Å². The van der Waals surface area contributed by atoms with Crippen molar-refractivity contribution in [1.82, 2.24) is 0 Å². The monoisotopic (exact) mass is 630 g/mol. The van der Waals surface area contributed by atoms with Crippen LogP contribution in [0.15, 0.2) is 24.3 Å². The lowest BCUT2D eigenvalue weighted by Gasteiger charge is -2.29. The first-order valence-electron chi connectivity index (χ1n) is 14.9. The number of rotatable bonds is 3. The first kappa shape index (κ1) is 28.5. The summed E-state index contributed by atoms with van der Waals surface area (Å²) in [6, 6.07) is 6.38. The van der Waals surface area contributed by atoms with Gasteiger partial charge in [0, 0.05) is 24.0 Å². The Hall–Kier alpha value is -4.94. The lowest BCUT2D eigenvalue weighted by atomic mass is 9.87. The van der Waals surface area contributed by atoms with Crippen LogP contribution in [0.3, 0.4) is 0 Å². The number of hydrogen-bond donors (Lipinski definition) is 4. The molecule has 4 aromatic carbocycles. The first-order valence-corrected chi connectivity index (χ1v) is 14.9. The number of carbonyl (C=O) groups excluding carboxylic acids is 2. The van der Waals surface area contributed by atoms with Crippen LogP contribution < -0.4 is 9.47 Å². The molecule has 4 heterocycles. The Morgan fingerprint density at radius 1 is 0.609 bits per heavy atom. The molecular formula is C34H30O12. The van der Waals surface area contributed by atoms with E-state index in [0.717, 1.165) is 0 Å². The van der Waals surface area contributed by atoms with Crippen molar-refractivity contribution in [1.29, 1.82) is 0 Å². The number of esters is 2. The van der Waals surface area contributed by atoms with Gasteiger partial charge in [0.05, 0.1) is 48.3 Å². The van der Waals surface area contributed by atoms with Crippen molar-refractivity contribution in [3.63, 3.8) is 0 Å². The van der Waals surface area contributed by atoms with Gasteiger partial charge in [-0.2, -0.15) is 0 Å². The van der Waals surface area contributed by atoms with Gasteiger partial charge in [0.25, 0.3) is 0 Å². The highest BCUT2D eigenvalue weighted by atomic mass is 16.6. The third kappa shape index (κ3) is 3.74. The van der Waals surface area contributed by atoms with E-state index in [1.165, 1.54) is 14.2 Å². The van der Waals surface area contributed by atoms with Crippen molar-refractivity contribution >= 4 is 33.5 Å². The molecule has 0 spiro atoms. The Morgan fingerprint density at radius 2 is 0.978 bits per heavy atom. The Bertz CT molecular complexity index is 1890. The van der Waals surface area contributed by atoms with E-state index < -0.39 is 59.4 Å². The van der Waals surface area contributed by atoms with Gasteiger partial charge < -0.3 is 48.8 Å². The third-order valence-electron chi connectivity index (χ3n) is 9.53. The third-order valence-corrected chi connectivity index (χ3v) is 9.53. The minimum absolute atomic E-state index is 0.0842. The molecule has 0 bridgehead atoms. The van der Waals surface area contributed by atoms with E-state index in [-0.39, 0.29) is 56.7 Å². The van der Waals surface area contributed by atoms with E-state index in [0.29, 0.717) is 34.7 Å². The number of phenols is 4. The summed E-state index contributed by atoms with van der Waals surface area (Å²) in [5, 5.41) is 47.1. The minimum Gasteiger partial charge on any atom is -0.506 e. The van der Waals surface area contributed by atoms with Gasteiger partial charge >= 0.3 is 11.9 Å². The van der Waals surface area contributed by atoms with E-state index in [2.05, 4.69) is 0 Å². The molecule has 46 heavy (non-hydrogen) atoms. The Balaban J connectivity index is 1.39. The van der Waals surface area contributed by atoms with Crippen LogP contribution in [-0.2, 0) is 18.9 Å². The van der Waals surface area contributed by atoms with E-state index in [1.807, 2.05) is 13.8 Å². The van der Waals surface area contributed by atoms with Gasteiger partial charge in [-0.25, -0.2) is 9.59 Å². The number of aromatic hydroxyl groups is 4. The fourth-order valence-corrected chi connectivity index (χ4v) is 7.59. The summed E-state index contributed by atoms with van der Waals surface area (Å²) in [6.45, 7) is 3.74. The summed E-state index contributed by atoms with van der Waals surface area (Å²) in [5.74, 6) is -3.46. The number of fused-ring (bicyclic) bond motifs is 8. The first-order chi connectivity index (χ1) is 22.0. The predicted octanol–water partition coefficient (Wildman–Crippen LogP) is 5.28. The van der Waals surface area contributed by atoms with Gasteiger partial charge in [0.15, 0.2) is 0 Å². The van der Waals surface area contributed by atoms with Gasteiger partial charge in [-0.3, -0.25) is 0 Å². The van der Waals surface area contributed by atoms with Crippen LogP contribution in [0.1, 0.15) is 70.7 Å². The minimum atomic E-state index is -0.749. The fraction of sp³-hybridized carbons (Fsp3) is 0.353. The molecule has 0 aliphatic carbocycles. The lowest BCUT2D eigenvalue weighted by molar-refractivity contribution is -0.0197. The molecule has 4 N–H and O–H groups in total. The molecule has 6 atom stereocenters. The average Bonchev–Trinajstić information content (AvgIpc) is 3.57. The molecule has 4 aromatic rings. The smallest absolute Gasteiger partial charge is 0.342 e. The molecule has 2 saturated heterocycles. The Morgan fingerprint density at radius 3 is 1.35 bits per heavy atom. The number of phenolic OH excluding ortho intramolecular Hbond substituents is 4. The van der Waals surface area contributed by atoms with Crippen LogP contribution in [-0.4, -0.2) is 71.0 Å². The molecule has 0 amide bonds. The van der Waals surface area contributed by atoms with E-state index >= 15 is 0 Å². The van der Waals surface area contributed by atoms with E-state index in [9.17, 15) is 30.0 Å². The number of benzene rings is 4. The zero-order valence-corrected chi connectivity index (χ0v) is 25.2. The van der Waals surface area contributed by atoms with Gasteiger partial charge in [-0.05, 0) is 48.9 Å². The molecular weight excluding hydrogens is 600 g/mol. The summed E-state index contributed by atoms with van der Waals surface area (Å²) >= 11 is 0. The maximum Gasteiger partial charge on any atom is 0.342 e. The molecule has 2 fully saturated rings. The summed E-state index contributed by atoms with van der Waals surface area (Å²) in [4.78, 5) is 26.2. The molecule has 0 radical (unpaired) electrons. The van der Waals surface area contributed by atoms with Crippen molar-refractivity contribution in [2.75, 3.05) is 14.2 Å². The molecule has 4 aliphatic heterocycles. The molecule has 0 aromatic heterocycles. The molecule has 238 valence electrons. The molecule has 12 heteroatoms. The molecule has 0 saturated carbocycles. The molecule has 12 nitrogen and oxygen atoms in total. The average molecular weight is 631 g/mol. The number of hydrogen-bond acceptors (Lipinski definition) is 12. The summed E-state index contributed by atoms with van der Waals surface area (Å²) in [5.41, 5.74) is 0.409. The number of ether oxygens (including phenoxy) is 6. The van der Waals surface area contributed by atoms with E-state index in [4.69, 9.17) is 28.4 Å². The van der Waals surface area contributed by atoms with Gasteiger partial charge in [-0.15, -0.1) is 0 Å². The van der Waals surface area contributed by atoms with E-state index in [1.54, 1.807) is 24.3 Å². The topological polar surface area (TPSA) is 170 Å². The lowest BCUT2D eigenvalue weighted by Crippen LogP contribution is -2.29. The SMILES string of the molecule is COc1cc2cc3c(c(O)c2c(O)c1-c1c(OC)cc2cc4c(c(O)c2c1O)C(=O)O[C@@H]1C[C@@H](C)O[C@H]41)C(=O)O[C@@H]1C[C@@H](C)O[C@H]31. The second-order valence-electron chi connectivity index (χ2n) is 12.3. The van der Waals surface area contributed by atoms with Gasteiger partial charge in [0.2, 0.25) is 0 Å². The predicted molar refractivity (Wildman–Crippen MR) is 161 cm³/mol. The van der Waals surface area contributed by atoms with Crippen LogP contribution in [0.4, 0.5) is 0 Å². The Kier molecular flexibility index (Phi) is 6.06. The number of carbonyl (C=O) groups is 2. The van der Waals surface area contributed by atoms with Crippen LogP contribution in [0.2, 0.25) is 0 Å². The summed E-state index contributed by atoms with van der Waals surface area (Å²) in [7, 11) is 2.73. The van der Waals surface area contributed by atoms with Crippen molar-refractivity contribution in [3.05, 3.63) is 46.5 Å². The van der Waals surface area contributed by atoms with Crippen molar-refractivity contribution in [2.24, 2.45) is 0 Å². The Labute approximate surface area is 261 Å². The second kappa shape index (κ2) is 9.78. The quantitative estimate of drug-likeness (QED) is 0.216. The van der Waals surface area contributed by atoms with Crippen LogP contribution in [0.25, 0.3) is 32.7 Å². The molecule has 8 rings (SSSR count). The normalized spacial score (nSPS) is 26.3. The fourth-order valence-electron chi connectivity index (χ4n) is 7.59. The zero-order valence-electron chi connectivity index (χ0n) is 25.2. The molecule has 4 aliphatic rings. The highest BCUT2D eigenvalue weighted by molar-refractivity contribution is 6.13. The number of methoxy groups -OCH3 is 2. The maximum atomic E-state index is 13.1. The van der Waals surface area contributed by atoms with Crippen molar-refractivity contribution in [2.45, 2.75) is 63.3 Å². The van der Waals surface area contributed by atoms with Gasteiger partial charge in [-0.1, -0.05) is 0 Å². The summed E-state index contributed by atoms with van der Waals surface area (Å²) in [6.07, 6.45) is -1.53. The van der Waals surface area contributed by atoms with Crippen LogP contribution in [0.5, 0.6) is 34.5 Å². The van der Waals surface area contributed by atoms with Crippen LogP contribution >= 0.6 is 0 Å². The summed E-state index contributed by atoms with van der Waals surface area (Å²) < 4.78 is 34.5. The van der Waals surface area contributed by atoms with Crippen molar-refractivity contribution in [3.8, 4) is 45.6 Å². The highest BCUT2D eigenvalue weighted by Gasteiger charge is 2.46. The van der Waals surface area contributed by atoms with Crippen LogP contribution in [0, 0.1) is 0 Å². The highest BCUT2D eigenvalue weighted by Crippen LogP contribution is 2.57. The zero-order chi connectivity index (χ0) is 32.3. The maximum absolute atomic E-state index is 13.1. The molecule has 0 unspecified atom stereocenters. The largest absolute Gasteiger partial charge is 0.506 e. The second-order valence-corrected chi connectivity index (χ2v) is 12.3. The standard InChI is InChI=1S/C34H30O12/c1-11-5-19-31(43-11)15-7-13-9-17(41-3)25(29(37)21(13)27(35)23(15)33(39)45-19)26-18(42-4)10-14-8-16-24(28(36)22(14)30(26)38)34(40)46-20-6-12(2)44-32(16)20/h7-12,19-20,31-32,35-38H,5-6H2,1-4H3/t11-,12-,19-,20-,31-,32-/m1/s1. The van der Waals surface area contributed by atoms with Crippen molar-refractivity contribution < 1.29 is 58.4 Å².